The number of benzene rings is 2. The van der Waals surface area contributed by atoms with Gasteiger partial charge < -0.3 is 4.90 Å². The van der Waals surface area contributed by atoms with Crippen LogP contribution in [0.2, 0.25) is 0 Å². The molecule has 0 saturated heterocycles. The Morgan fingerprint density at radius 2 is 1.92 bits per heavy atom. The molecule has 0 spiro atoms. The number of carbonyl (C=O) groups excluding carboxylic acids is 1. The second-order valence-corrected chi connectivity index (χ2v) is 7.65. The molecule has 132 valence electrons. The third kappa shape index (κ3) is 5.19. The SMILES string of the molecule is Br.Cc1ccccc1N(CC(=O)c1ccc(Br)cc1)C1=NCCCS1. The van der Waals surface area contributed by atoms with Crippen LogP contribution in [0.5, 0.6) is 0 Å². The van der Waals surface area contributed by atoms with E-state index in [-0.39, 0.29) is 22.8 Å². The van der Waals surface area contributed by atoms with Crippen molar-refractivity contribution in [3.05, 3.63) is 64.1 Å². The lowest BCUT2D eigenvalue weighted by molar-refractivity contribution is 0.100. The molecule has 1 aliphatic heterocycles. The van der Waals surface area contributed by atoms with Crippen molar-refractivity contribution in [2.45, 2.75) is 13.3 Å². The molecule has 1 heterocycles. The minimum Gasteiger partial charge on any atom is -0.313 e. The number of amidine groups is 1. The first-order valence-electron chi connectivity index (χ1n) is 7.94. The average Bonchev–Trinajstić information content (AvgIpc) is 2.61. The summed E-state index contributed by atoms with van der Waals surface area (Å²) in [4.78, 5) is 19.5. The van der Waals surface area contributed by atoms with E-state index in [2.05, 4.69) is 44.9 Å². The number of Topliss-reactive ketones (excluding diaryl/α,β-unsaturated/α-hetero) is 1. The molecular formula is C19H20Br2N2OS. The molecule has 2 aromatic rings. The molecule has 25 heavy (non-hydrogen) atoms. The Bertz CT molecular complexity index is 762. The first kappa shape index (κ1) is 20.2. The molecule has 0 saturated carbocycles. The highest BCUT2D eigenvalue weighted by Crippen LogP contribution is 2.26. The molecule has 3 nitrogen and oxygen atoms in total. The Labute approximate surface area is 171 Å². The van der Waals surface area contributed by atoms with Gasteiger partial charge >= 0.3 is 0 Å². The Morgan fingerprint density at radius 1 is 1.20 bits per heavy atom. The molecule has 0 aromatic heterocycles. The summed E-state index contributed by atoms with van der Waals surface area (Å²) in [6, 6.07) is 15.7. The van der Waals surface area contributed by atoms with Gasteiger partial charge in [0.15, 0.2) is 11.0 Å². The zero-order chi connectivity index (χ0) is 16.9. The second-order valence-electron chi connectivity index (χ2n) is 5.67. The average molecular weight is 484 g/mol. The summed E-state index contributed by atoms with van der Waals surface area (Å²) >= 11 is 5.14. The lowest BCUT2D eigenvalue weighted by Crippen LogP contribution is -2.36. The summed E-state index contributed by atoms with van der Waals surface area (Å²) in [7, 11) is 0. The smallest absolute Gasteiger partial charge is 0.182 e. The molecule has 0 amide bonds. The number of anilines is 1. The molecule has 0 N–H and O–H groups in total. The molecule has 0 aliphatic carbocycles. The molecular weight excluding hydrogens is 464 g/mol. The zero-order valence-corrected chi connectivity index (χ0v) is 18.1. The van der Waals surface area contributed by atoms with Gasteiger partial charge in [0.1, 0.15) is 0 Å². The second kappa shape index (κ2) is 9.55. The third-order valence-electron chi connectivity index (χ3n) is 3.89. The predicted octanol–water partition coefficient (Wildman–Crippen LogP) is 5.52. The molecule has 0 radical (unpaired) electrons. The number of thioether (sulfide) groups is 1. The van der Waals surface area contributed by atoms with E-state index in [1.165, 1.54) is 0 Å². The van der Waals surface area contributed by atoms with E-state index < -0.39 is 0 Å². The summed E-state index contributed by atoms with van der Waals surface area (Å²) in [5.41, 5.74) is 2.92. The highest BCUT2D eigenvalue weighted by atomic mass is 79.9. The van der Waals surface area contributed by atoms with Gasteiger partial charge in [0.25, 0.3) is 0 Å². The van der Waals surface area contributed by atoms with Crippen LogP contribution in [-0.2, 0) is 0 Å². The van der Waals surface area contributed by atoms with Crippen molar-refractivity contribution in [3.63, 3.8) is 0 Å². The van der Waals surface area contributed by atoms with Gasteiger partial charge in [-0.15, -0.1) is 17.0 Å². The molecule has 6 heteroatoms. The van der Waals surface area contributed by atoms with Gasteiger partial charge in [-0.3, -0.25) is 9.79 Å². The number of hydrogen-bond acceptors (Lipinski definition) is 4. The maximum Gasteiger partial charge on any atom is 0.182 e. The Hall–Kier alpha value is -1.11. The first-order valence-corrected chi connectivity index (χ1v) is 9.72. The van der Waals surface area contributed by atoms with E-state index in [0.717, 1.165) is 45.2 Å². The van der Waals surface area contributed by atoms with E-state index in [1.807, 2.05) is 36.4 Å². The highest BCUT2D eigenvalue weighted by molar-refractivity contribution is 9.10. The lowest BCUT2D eigenvalue weighted by Gasteiger charge is -2.28. The topological polar surface area (TPSA) is 32.7 Å². The Kier molecular flexibility index (Phi) is 7.72. The van der Waals surface area contributed by atoms with Crippen molar-refractivity contribution in [3.8, 4) is 0 Å². The number of rotatable bonds is 4. The summed E-state index contributed by atoms with van der Waals surface area (Å²) < 4.78 is 0.974. The Balaban J connectivity index is 0.00000225. The van der Waals surface area contributed by atoms with Crippen molar-refractivity contribution in [2.75, 3.05) is 23.7 Å². The Morgan fingerprint density at radius 3 is 2.56 bits per heavy atom. The number of hydrogen-bond donors (Lipinski definition) is 0. The molecule has 2 aromatic carbocycles. The van der Waals surface area contributed by atoms with Crippen molar-refractivity contribution < 1.29 is 4.79 Å². The van der Waals surface area contributed by atoms with Gasteiger partial charge in [0.2, 0.25) is 0 Å². The van der Waals surface area contributed by atoms with Crippen molar-refractivity contribution in [1.29, 1.82) is 0 Å². The van der Waals surface area contributed by atoms with Crippen molar-refractivity contribution in [1.82, 2.24) is 0 Å². The standard InChI is InChI=1S/C19H19BrN2OS.BrH/c1-14-5-2-3-6-17(14)22(19-21-11-4-12-24-19)13-18(23)15-7-9-16(20)10-8-15;/h2-3,5-10H,4,11-13H2,1H3;1H. The van der Waals surface area contributed by atoms with Crippen molar-refractivity contribution >= 4 is 61.3 Å². The van der Waals surface area contributed by atoms with Gasteiger partial charge in [-0.05, 0) is 37.1 Å². The van der Waals surface area contributed by atoms with Crippen LogP contribution < -0.4 is 4.90 Å². The minimum atomic E-state index is 0. The third-order valence-corrected chi connectivity index (χ3v) is 5.51. The van der Waals surface area contributed by atoms with Crippen molar-refractivity contribution in [2.24, 2.45) is 4.99 Å². The molecule has 0 bridgehead atoms. The molecule has 3 rings (SSSR count). The van der Waals surface area contributed by atoms with Crippen LogP contribution in [0.4, 0.5) is 5.69 Å². The number of aryl methyl sites for hydroxylation is 1. The number of para-hydroxylation sites is 1. The van der Waals surface area contributed by atoms with E-state index in [9.17, 15) is 4.79 Å². The summed E-state index contributed by atoms with van der Waals surface area (Å²) in [5.74, 6) is 1.15. The monoisotopic (exact) mass is 482 g/mol. The fourth-order valence-electron chi connectivity index (χ4n) is 2.60. The molecule has 0 fully saturated rings. The van der Waals surface area contributed by atoms with Crippen LogP contribution in [-0.4, -0.2) is 29.8 Å². The maximum absolute atomic E-state index is 12.8. The minimum absolute atomic E-state index is 0. The number of aliphatic imine (C=N–C) groups is 1. The zero-order valence-electron chi connectivity index (χ0n) is 13.9. The van der Waals surface area contributed by atoms with E-state index in [0.29, 0.717) is 6.54 Å². The lowest BCUT2D eigenvalue weighted by atomic mass is 10.1. The van der Waals surface area contributed by atoms with Crippen LogP contribution in [0.3, 0.4) is 0 Å². The van der Waals surface area contributed by atoms with Gasteiger partial charge in [0, 0.05) is 28.0 Å². The predicted molar refractivity (Wildman–Crippen MR) is 117 cm³/mol. The highest BCUT2D eigenvalue weighted by Gasteiger charge is 2.21. The summed E-state index contributed by atoms with van der Waals surface area (Å²) in [6.45, 7) is 3.20. The van der Waals surface area contributed by atoms with Crippen LogP contribution in [0.1, 0.15) is 22.3 Å². The molecule has 1 aliphatic rings. The number of nitrogens with zero attached hydrogens (tertiary/aromatic N) is 2. The van der Waals surface area contributed by atoms with Gasteiger partial charge in [-0.2, -0.15) is 0 Å². The number of ketones is 1. The van der Waals surface area contributed by atoms with E-state index >= 15 is 0 Å². The van der Waals surface area contributed by atoms with Crippen LogP contribution in [0.25, 0.3) is 0 Å². The summed E-state index contributed by atoms with van der Waals surface area (Å²) in [5, 5.41) is 0.945. The van der Waals surface area contributed by atoms with Crippen LogP contribution in [0, 0.1) is 6.92 Å². The quantitative estimate of drug-likeness (QED) is 0.537. The fraction of sp³-hybridized carbons (Fsp3) is 0.263. The fourth-order valence-corrected chi connectivity index (χ4v) is 3.83. The van der Waals surface area contributed by atoms with Gasteiger partial charge in [0.05, 0.1) is 6.54 Å². The maximum atomic E-state index is 12.8. The normalized spacial score (nSPS) is 13.6. The van der Waals surface area contributed by atoms with E-state index in [1.54, 1.807) is 11.8 Å². The molecule has 0 atom stereocenters. The van der Waals surface area contributed by atoms with Gasteiger partial charge in [-0.25, -0.2) is 0 Å². The van der Waals surface area contributed by atoms with Gasteiger partial charge in [-0.1, -0.05) is 58.0 Å². The van der Waals surface area contributed by atoms with E-state index in [4.69, 9.17) is 0 Å². The summed E-state index contributed by atoms with van der Waals surface area (Å²) in [6.07, 6.45) is 1.09. The molecule has 0 unspecified atom stereocenters. The van der Waals surface area contributed by atoms with Crippen LogP contribution in [0.15, 0.2) is 58.0 Å². The number of carbonyl (C=O) groups is 1. The van der Waals surface area contributed by atoms with Crippen LogP contribution >= 0.6 is 44.7 Å². The number of halogens is 2. The largest absolute Gasteiger partial charge is 0.313 e. The first-order chi connectivity index (χ1) is 11.6.